The van der Waals surface area contributed by atoms with E-state index in [4.69, 9.17) is 19.0 Å². The van der Waals surface area contributed by atoms with E-state index in [9.17, 15) is 9.59 Å². The molecule has 2 amide bonds. The standard InChI is InChI=1S/C32H41BN4O5/c1-18(2)26(36-30(39)40-7)29(38)37-24-13-11-22(16-24)27(37)28-34-17-25(35-28)21-9-8-20-15-23(12-10-19(20)14-21)33-41-31(3,4)32(5,6)42-33/h8-10,12,14-15,17-18,22,24,26-27H,11,13,16H2,1-7H3,(H,34,35)(H,36,39)/t22-,24-,26+,27+/m1/s1. The summed E-state index contributed by atoms with van der Waals surface area (Å²) in [6, 6.07) is 12.0. The van der Waals surface area contributed by atoms with Gasteiger partial charge in [0.15, 0.2) is 0 Å². The number of carbonyl (C=O) groups excluding carboxylic acids is 2. The van der Waals surface area contributed by atoms with E-state index in [1.54, 1.807) is 0 Å². The zero-order chi connectivity index (χ0) is 30.0. The number of piperidine rings is 1. The number of benzene rings is 2. The second kappa shape index (κ2) is 10.4. The SMILES string of the molecule is COC(=O)N[C@H](C(=O)N1[C@@H]2CC[C@H](C2)[C@H]1c1ncc(-c2ccc3cc(B4OC(C)(C)C(C)(C)O4)ccc3c2)[nH]1)C(C)C. The van der Waals surface area contributed by atoms with Crippen LogP contribution < -0.4 is 10.8 Å². The van der Waals surface area contributed by atoms with Crippen molar-refractivity contribution in [3.63, 3.8) is 0 Å². The first-order valence-corrected chi connectivity index (χ1v) is 15.0. The Bertz CT molecular complexity index is 1500. The molecule has 0 spiro atoms. The average Bonchev–Trinajstić information content (AvgIpc) is 3.73. The first-order valence-electron chi connectivity index (χ1n) is 15.0. The van der Waals surface area contributed by atoms with Crippen molar-refractivity contribution in [2.24, 2.45) is 11.8 Å². The number of fused-ring (bicyclic) bond motifs is 3. The highest BCUT2D eigenvalue weighted by Crippen LogP contribution is 2.50. The molecule has 1 aliphatic carbocycles. The van der Waals surface area contributed by atoms with Crippen molar-refractivity contribution in [1.82, 2.24) is 20.2 Å². The van der Waals surface area contributed by atoms with Gasteiger partial charge in [0.25, 0.3) is 0 Å². The van der Waals surface area contributed by atoms with Gasteiger partial charge in [-0.2, -0.15) is 0 Å². The predicted molar refractivity (Wildman–Crippen MR) is 162 cm³/mol. The highest BCUT2D eigenvalue weighted by atomic mass is 16.7. The quantitative estimate of drug-likeness (QED) is 0.405. The maximum absolute atomic E-state index is 13.8. The number of nitrogens with one attached hydrogen (secondary N) is 2. The van der Waals surface area contributed by atoms with Crippen LogP contribution in [-0.4, -0.2) is 64.4 Å². The molecule has 9 nitrogen and oxygen atoms in total. The third-order valence-corrected chi connectivity index (χ3v) is 9.81. The highest BCUT2D eigenvalue weighted by Gasteiger charge is 2.52. The molecule has 6 rings (SSSR count). The molecule has 2 aromatic carbocycles. The monoisotopic (exact) mass is 572 g/mol. The molecule has 0 radical (unpaired) electrons. The van der Waals surface area contributed by atoms with Gasteiger partial charge >= 0.3 is 13.2 Å². The normalized spacial score (nSPS) is 24.9. The Morgan fingerprint density at radius 1 is 1.07 bits per heavy atom. The fraction of sp³-hybridized carbons (Fsp3) is 0.531. The number of imidazole rings is 1. The van der Waals surface area contributed by atoms with E-state index in [0.717, 1.165) is 52.6 Å². The number of methoxy groups -OCH3 is 1. The zero-order valence-electron chi connectivity index (χ0n) is 25.6. The van der Waals surface area contributed by atoms with E-state index < -0.39 is 19.3 Å². The van der Waals surface area contributed by atoms with Crippen LogP contribution >= 0.6 is 0 Å². The van der Waals surface area contributed by atoms with Crippen molar-refractivity contribution >= 4 is 35.4 Å². The van der Waals surface area contributed by atoms with Gasteiger partial charge < -0.3 is 29.2 Å². The lowest BCUT2D eigenvalue weighted by Gasteiger charge is -2.37. The van der Waals surface area contributed by atoms with Gasteiger partial charge in [0.05, 0.1) is 36.2 Å². The number of hydrogen-bond acceptors (Lipinski definition) is 6. The molecule has 2 aliphatic heterocycles. The Morgan fingerprint density at radius 2 is 1.76 bits per heavy atom. The van der Waals surface area contributed by atoms with Crippen molar-refractivity contribution < 1.29 is 23.6 Å². The number of amides is 2. The Morgan fingerprint density at radius 3 is 2.45 bits per heavy atom. The lowest BCUT2D eigenvalue weighted by molar-refractivity contribution is -0.139. The van der Waals surface area contributed by atoms with Gasteiger partial charge in [-0.05, 0) is 81.1 Å². The van der Waals surface area contributed by atoms with E-state index in [0.29, 0.717) is 5.92 Å². The van der Waals surface area contributed by atoms with E-state index in [1.807, 2.05) is 24.9 Å². The molecule has 222 valence electrons. The smallest absolute Gasteiger partial charge is 0.453 e. The van der Waals surface area contributed by atoms with E-state index in [-0.39, 0.29) is 35.1 Å². The summed E-state index contributed by atoms with van der Waals surface area (Å²) in [5.41, 5.74) is 2.16. The Hall–Kier alpha value is -3.37. The van der Waals surface area contributed by atoms with Gasteiger partial charge in [0, 0.05) is 11.6 Å². The molecular formula is C32H41BN4O5. The number of rotatable bonds is 6. The Labute approximate surface area is 247 Å². The molecule has 42 heavy (non-hydrogen) atoms. The molecule has 3 heterocycles. The van der Waals surface area contributed by atoms with Gasteiger partial charge in [-0.3, -0.25) is 4.79 Å². The van der Waals surface area contributed by atoms with Crippen LogP contribution in [0.4, 0.5) is 4.79 Å². The van der Waals surface area contributed by atoms with Crippen molar-refractivity contribution in [2.45, 2.75) is 90.1 Å². The predicted octanol–water partition coefficient (Wildman–Crippen LogP) is 4.96. The largest absolute Gasteiger partial charge is 0.494 e. The fourth-order valence-corrected chi connectivity index (χ4v) is 6.71. The summed E-state index contributed by atoms with van der Waals surface area (Å²) in [4.78, 5) is 36.1. The van der Waals surface area contributed by atoms with Crippen LogP contribution in [-0.2, 0) is 18.8 Å². The number of carbonyl (C=O) groups is 2. The number of ether oxygens (including phenoxy) is 1. The third-order valence-electron chi connectivity index (χ3n) is 9.81. The topological polar surface area (TPSA) is 106 Å². The number of H-pyrrole nitrogens is 1. The highest BCUT2D eigenvalue weighted by molar-refractivity contribution is 6.62. The number of hydrogen-bond donors (Lipinski definition) is 2. The number of likely N-dealkylation sites (tertiary alicyclic amines) is 1. The van der Waals surface area contributed by atoms with Gasteiger partial charge in [-0.25, -0.2) is 9.78 Å². The molecule has 3 aromatic rings. The molecule has 4 atom stereocenters. The minimum atomic E-state index is -0.656. The molecule has 2 N–H and O–H groups in total. The number of aromatic nitrogens is 2. The van der Waals surface area contributed by atoms with Crippen molar-refractivity contribution in [3.05, 3.63) is 48.4 Å². The lowest BCUT2D eigenvalue weighted by atomic mass is 9.78. The fourth-order valence-electron chi connectivity index (χ4n) is 6.71. The van der Waals surface area contributed by atoms with Crippen LogP contribution in [0.5, 0.6) is 0 Å². The average molecular weight is 573 g/mol. The third kappa shape index (κ3) is 4.88. The number of aromatic amines is 1. The summed E-state index contributed by atoms with van der Waals surface area (Å²) < 4.78 is 17.3. The summed E-state index contributed by atoms with van der Waals surface area (Å²) in [6.45, 7) is 12.1. The lowest BCUT2D eigenvalue weighted by Crippen LogP contribution is -2.54. The van der Waals surface area contributed by atoms with Crippen molar-refractivity contribution in [2.75, 3.05) is 7.11 Å². The van der Waals surface area contributed by atoms with Gasteiger partial charge in [0.1, 0.15) is 11.9 Å². The van der Waals surface area contributed by atoms with Gasteiger partial charge in [-0.1, -0.05) is 44.2 Å². The number of alkyl carbamates (subject to hydrolysis) is 1. The summed E-state index contributed by atoms with van der Waals surface area (Å²) in [6.07, 6.45) is 4.25. The van der Waals surface area contributed by atoms with Gasteiger partial charge in [-0.15, -0.1) is 0 Å². The molecule has 10 heteroatoms. The van der Waals surface area contributed by atoms with Crippen LogP contribution in [0.25, 0.3) is 22.0 Å². The molecule has 2 bridgehead atoms. The first kappa shape index (κ1) is 28.7. The second-order valence-corrected chi connectivity index (χ2v) is 13.4. The summed E-state index contributed by atoms with van der Waals surface area (Å²) in [7, 11) is 0.910. The van der Waals surface area contributed by atoms with Crippen LogP contribution in [0, 0.1) is 11.8 Å². The maximum atomic E-state index is 13.8. The van der Waals surface area contributed by atoms with E-state index >= 15 is 0 Å². The van der Waals surface area contributed by atoms with Gasteiger partial charge in [0.2, 0.25) is 5.91 Å². The van der Waals surface area contributed by atoms with E-state index in [2.05, 4.69) is 74.4 Å². The van der Waals surface area contributed by atoms with Crippen LogP contribution in [0.2, 0.25) is 0 Å². The molecule has 1 aromatic heterocycles. The molecule has 2 saturated heterocycles. The minimum absolute atomic E-state index is 0.0749. The summed E-state index contributed by atoms with van der Waals surface area (Å²) in [5.74, 6) is 0.983. The van der Waals surface area contributed by atoms with Crippen LogP contribution in [0.3, 0.4) is 0 Å². The van der Waals surface area contributed by atoms with Crippen LogP contribution in [0.1, 0.15) is 72.7 Å². The molecular weight excluding hydrogens is 531 g/mol. The Kier molecular flexibility index (Phi) is 7.13. The van der Waals surface area contributed by atoms with Crippen molar-refractivity contribution in [3.8, 4) is 11.3 Å². The van der Waals surface area contributed by atoms with E-state index in [1.165, 1.54) is 7.11 Å². The first-order chi connectivity index (χ1) is 19.9. The van der Waals surface area contributed by atoms with Crippen molar-refractivity contribution in [1.29, 1.82) is 0 Å². The Balaban J connectivity index is 1.24. The second-order valence-electron chi connectivity index (χ2n) is 13.4. The maximum Gasteiger partial charge on any atom is 0.494 e. The minimum Gasteiger partial charge on any atom is -0.453 e. The number of nitrogens with zero attached hydrogens (tertiary/aromatic N) is 2. The molecule has 1 saturated carbocycles. The summed E-state index contributed by atoms with van der Waals surface area (Å²) >= 11 is 0. The summed E-state index contributed by atoms with van der Waals surface area (Å²) in [5, 5.41) is 4.96. The molecule has 3 fully saturated rings. The molecule has 3 aliphatic rings. The zero-order valence-corrected chi connectivity index (χ0v) is 25.6. The van der Waals surface area contributed by atoms with Crippen LogP contribution in [0.15, 0.2) is 42.6 Å². The molecule has 0 unspecified atom stereocenters.